The summed E-state index contributed by atoms with van der Waals surface area (Å²) >= 11 is 0. The van der Waals surface area contributed by atoms with Crippen LogP contribution in [0.2, 0.25) is 0 Å². The van der Waals surface area contributed by atoms with Crippen LogP contribution in [0.25, 0.3) is 0 Å². The third-order valence-electron chi connectivity index (χ3n) is 3.29. The van der Waals surface area contributed by atoms with Gasteiger partial charge in [-0.05, 0) is 28.5 Å². The molecule has 0 saturated carbocycles. The molecule has 0 bridgehead atoms. The summed E-state index contributed by atoms with van der Waals surface area (Å²) in [5.74, 6) is 1.76. The van der Waals surface area contributed by atoms with E-state index < -0.39 is 0 Å². The Morgan fingerprint density at radius 2 is 1.62 bits per heavy atom. The minimum atomic E-state index is 0.502. The smallest absolute Gasteiger partial charge is 0.126 e. The molecule has 0 radical (unpaired) electrons. The molecule has 2 rings (SSSR count). The lowest BCUT2D eigenvalue weighted by molar-refractivity contribution is 0.826. The van der Waals surface area contributed by atoms with Gasteiger partial charge in [0.1, 0.15) is 5.84 Å². The van der Waals surface area contributed by atoms with Crippen LogP contribution in [0.5, 0.6) is 0 Å². The Bertz CT molecular complexity index is 442. The zero-order valence-electron chi connectivity index (χ0n) is 10.5. The zero-order valence-corrected chi connectivity index (χ0v) is 10.5. The number of benzene rings is 1. The van der Waals surface area contributed by atoms with E-state index in [1.807, 2.05) is 0 Å². The SMILES string of the molecule is CC(C)c1ccc(C(C)C)c2c1CN=C2N. The van der Waals surface area contributed by atoms with Gasteiger partial charge in [-0.1, -0.05) is 39.8 Å². The van der Waals surface area contributed by atoms with Gasteiger partial charge in [-0.3, -0.25) is 4.99 Å². The van der Waals surface area contributed by atoms with Crippen molar-refractivity contribution in [1.82, 2.24) is 0 Å². The standard InChI is InChI=1S/C14H20N2/c1-8(2)10-5-6-11(9(3)4)13-12(10)7-16-14(13)15/h5-6,8-9H,7H2,1-4H3,(H2,15,16). The molecule has 0 fully saturated rings. The van der Waals surface area contributed by atoms with Gasteiger partial charge in [-0.25, -0.2) is 0 Å². The number of nitrogens with zero attached hydrogens (tertiary/aromatic N) is 1. The molecule has 1 aliphatic rings. The van der Waals surface area contributed by atoms with Crippen LogP contribution in [-0.4, -0.2) is 5.84 Å². The maximum Gasteiger partial charge on any atom is 0.126 e. The number of aliphatic imine (C=N–C) groups is 1. The van der Waals surface area contributed by atoms with E-state index >= 15 is 0 Å². The lowest BCUT2D eigenvalue weighted by Crippen LogP contribution is -2.15. The predicted molar refractivity (Wildman–Crippen MR) is 69.0 cm³/mol. The summed E-state index contributed by atoms with van der Waals surface area (Å²) < 4.78 is 0. The Balaban J connectivity index is 2.63. The molecule has 1 aromatic carbocycles. The topological polar surface area (TPSA) is 38.4 Å². The van der Waals surface area contributed by atoms with E-state index in [0.29, 0.717) is 11.8 Å². The van der Waals surface area contributed by atoms with Crippen LogP contribution < -0.4 is 5.73 Å². The normalized spacial score (nSPS) is 14.5. The van der Waals surface area contributed by atoms with E-state index in [-0.39, 0.29) is 0 Å². The first kappa shape index (κ1) is 11.2. The highest BCUT2D eigenvalue weighted by molar-refractivity contribution is 6.02. The minimum absolute atomic E-state index is 0.502. The minimum Gasteiger partial charge on any atom is -0.383 e. The van der Waals surface area contributed by atoms with Crippen LogP contribution >= 0.6 is 0 Å². The average molecular weight is 216 g/mol. The van der Waals surface area contributed by atoms with Crippen molar-refractivity contribution in [2.75, 3.05) is 0 Å². The van der Waals surface area contributed by atoms with Crippen LogP contribution in [-0.2, 0) is 6.54 Å². The fourth-order valence-electron chi connectivity index (χ4n) is 2.42. The molecule has 0 aromatic heterocycles. The molecular formula is C14H20N2. The number of hydrogen-bond acceptors (Lipinski definition) is 2. The first-order valence-electron chi connectivity index (χ1n) is 5.98. The molecule has 0 amide bonds. The Labute approximate surface area is 97.6 Å². The van der Waals surface area contributed by atoms with Crippen molar-refractivity contribution in [2.24, 2.45) is 10.7 Å². The average Bonchev–Trinajstić information content (AvgIpc) is 2.59. The van der Waals surface area contributed by atoms with Crippen molar-refractivity contribution in [3.05, 3.63) is 34.4 Å². The summed E-state index contributed by atoms with van der Waals surface area (Å²) in [6.07, 6.45) is 0. The summed E-state index contributed by atoms with van der Waals surface area (Å²) in [5, 5.41) is 0. The molecule has 0 aliphatic carbocycles. The molecule has 86 valence electrons. The van der Waals surface area contributed by atoms with Crippen molar-refractivity contribution in [3.63, 3.8) is 0 Å². The number of fused-ring (bicyclic) bond motifs is 1. The zero-order chi connectivity index (χ0) is 11.9. The van der Waals surface area contributed by atoms with Crippen LogP contribution in [0, 0.1) is 0 Å². The molecule has 1 heterocycles. The van der Waals surface area contributed by atoms with Gasteiger partial charge >= 0.3 is 0 Å². The molecular weight excluding hydrogens is 196 g/mol. The lowest BCUT2D eigenvalue weighted by atomic mass is 9.87. The van der Waals surface area contributed by atoms with Crippen molar-refractivity contribution >= 4 is 5.84 Å². The third-order valence-corrected chi connectivity index (χ3v) is 3.29. The predicted octanol–water partition coefficient (Wildman–Crippen LogP) is 3.15. The maximum atomic E-state index is 6.00. The molecule has 0 spiro atoms. The van der Waals surface area contributed by atoms with Crippen molar-refractivity contribution in [1.29, 1.82) is 0 Å². The highest BCUT2D eigenvalue weighted by Crippen LogP contribution is 2.32. The van der Waals surface area contributed by atoms with Crippen LogP contribution in [0.4, 0.5) is 0 Å². The molecule has 1 aliphatic heterocycles. The van der Waals surface area contributed by atoms with Gasteiger partial charge in [0.25, 0.3) is 0 Å². The Hall–Kier alpha value is -1.31. The molecule has 16 heavy (non-hydrogen) atoms. The lowest BCUT2D eigenvalue weighted by Gasteiger charge is -2.17. The van der Waals surface area contributed by atoms with Gasteiger partial charge in [0.15, 0.2) is 0 Å². The van der Waals surface area contributed by atoms with Crippen LogP contribution in [0.15, 0.2) is 17.1 Å². The summed E-state index contributed by atoms with van der Waals surface area (Å²) in [7, 11) is 0. The summed E-state index contributed by atoms with van der Waals surface area (Å²) in [6, 6.07) is 4.46. The van der Waals surface area contributed by atoms with Gasteiger partial charge in [-0.2, -0.15) is 0 Å². The van der Waals surface area contributed by atoms with E-state index in [2.05, 4.69) is 44.8 Å². The molecule has 0 saturated heterocycles. The highest BCUT2D eigenvalue weighted by Gasteiger charge is 2.22. The first-order valence-corrected chi connectivity index (χ1v) is 5.98. The summed E-state index contributed by atoms with van der Waals surface area (Å²) in [6.45, 7) is 9.61. The number of nitrogens with two attached hydrogens (primary N) is 1. The van der Waals surface area contributed by atoms with E-state index in [1.54, 1.807) is 0 Å². The second-order valence-electron chi connectivity index (χ2n) is 5.11. The molecule has 2 N–H and O–H groups in total. The number of hydrogen-bond donors (Lipinski definition) is 1. The van der Waals surface area contributed by atoms with Crippen LogP contribution in [0.1, 0.15) is 61.8 Å². The van der Waals surface area contributed by atoms with E-state index in [1.165, 1.54) is 22.3 Å². The van der Waals surface area contributed by atoms with Gasteiger partial charge < -0.3 is 5.73 Å². The fourth-order valence-corrected chi connectivity index (χ4v) is 2.42. The highest BCUT2D eigenvalue weighted by atomic mass is 14.9. The van der Waals surface area contributed by atoms with Gasteiger partial charge in [0, 0.05) is 5.56 Å². The van der Waals surface area contributed by atoms with Crippen molar-refractivity contribution in [2.45, 2.75) is 46.1 Å². The van der Waals surface area contributed by atoms with Crippen molar-refractivity contribution < 1.29 is 0 Å². The van der Waals surface area contributed by atoms with E-state index in [9.17, 15) is 0 Å². The monoisotopic (exact) mass is 216 g/mol. The Morgan fingerprint density at radius 3 is 2.19 bits per heavy atom. The summed E-state index contributed by atoms with van der Waals surface area (Å²) in [4.78, 5) is 4.38. The van der Waals surface area contributed by atoms with Gasteiger partial charge in [-0.15, -0.1) is 0 Å². The molecule has 0 atom stereocenters. The van der Waals surface area contributed by atoms with E-state index in [0.717, 1.165) is 12.4 Å². The fraction of sp³-hybridized carbons (Fsp3) is 0.500. The van der Waals surface area contributed by atoms with Crippen LogP contribution in [0.3, 0.4) is 0 Å². The number of rotatable bonds is 2. The molecule has 2 nitrogen and oxygen atoms in total. The molecule has 1 aromatic rings. The quantitative estimate of drug-likeness (QED) is 0.810. The molecule has 0 unspecified atom stereocenters. The Morgan fingerprint density at radius 1 is 1.06 bits per heavy atom. The number of amidine groups is 1. The van der Waals surface area contributed by atoms with Gasteiger partial charge in [0.2, 0.25) is 0 Å². The van der Waals surface area contributed by atoms with Crippen molar-refractivity contribution in [3.8, 4) is 0 Å². The van der Waals surface area contributed by atoms with E-state index in [4.69, 9.17) is 5.73 Å². The summed E-state index contributed by atoms with van der Waals surface area (Å²) in [5.41, 5.74) is 11.3. The maximum absolute atomic E-state index is 6.00. The second-order valence-corrected chi connectivity index (χ2v) is 5.11. The molecule has 2 heteroatoms. The second kappa shape index (κ2) is 3.93. The largest absolute Gasteiger partial charge is 0.383 e. The first-order chi connectivity index (χ1) is 7.52. The van der Waals surface area contributed by atoms with Gasteiger partial charge in [0.05, 0.1) is 6.54 Å². The third kappa shape index (κ3) is 1.62. The Kier molecular flexibility index (Phi) is 2.75.